The minimum atomic E-state index is -4.17. The molecule has 3 atom stereocenters. The van der Waals surface area contributed by atoms with E-state index in [0.717, 1.165) is 32.8 Å². The van der Waals surface area contributed by atoms with Crippen molar-refractivity contribution in [1.29, 1.82) is 0 Å². The smallest absolute Gasteiger partial charge is 0.391 e. The fourth-order valence-corrected chi connectivity index (χ4v) is 10.2. The SMILES string of the molecule is COc1cnc(C(=O)NCc2cccc(CC(=O)NCCOCCOCCOCCOCCOCC(=O)N[C@H](C(=O)N3C[C@H](O)CC3C(=O)NCc3ccc(-c4scnc4C)cc3)C(C)(C)C)c2)cc1/C=C/C1CCC(C(F)(F)F)CC1. The Labute approximate surface area is 481 Å². The number of halogens is 3. The molecule has 0 radical (unpaired) electrons. The fraction of sp³-hybridized carbons (Fsp3) is 0.542. The van der Waals surface area contributed by atoms with Crippen LogP contribution in [0.25, 0.3) is 16.5 Å². The summed E-state index contributed by atoms with van der Waals surface area (Å²) in [6.07, 6.45) is 1.31. The number of alkyl halides is 3. The number of methoxy groups -OCH3 is 1. The average molecular weight is 1170 g/mol. The van der Waals surface area contributed by atoms with Crippen molar-refractivity contribution in [2.24, 2.45) is 17.3 Å². The Morgan fingerprint density at radius 1 is 0.780 bits per heavy atom. The molecule has 0 bridgehead atoms. The molecule has 1 aliphatic carbocycles. The number of aryl methyl sites for hydroxylation is 1. The highest BCUT2D eigenvalue weighted by Gasteiger charge is 2.45. The normalized spacial score (nSPS) is 17.8. The van der Waals surface area contributed by atoms with Crippen molar-refractivity contribution in [3.63, 3.8) is 0 Å². The van der Waals surface area contributed by atoms with Gasteiger partial charge in [0.15, 0.2) is 0 Å². The second-order valence-corrected chi connectivity index (χ2v) is 22.2. The van der Waals surface area contributed by atoms with Gasteiger partial charge in [0, 0.05) is 38.2 Å². The number of nitrogens with zero attached hydrogens (tertiary/aromatic N) is 3. The van der Waals surface area contributed by atoms with Crippen molar-refractivity contribution in [1.82, 2.24) is 36.1 Å². The van der Waals surface area contributed by atoms with Crippen LogP contribution in [0.1, 0.15) is 91.3 Å². The summed E-state index contributed by atoms with van der Waals surface area (Å²) in [6.45, 7) is 10.4. The Bertz CT molecular complexity index is 2710. The van der Waals surface area contributed by atoms with Gasteiger partial charge in [0.1, 0.15) is 30.1 Å². The molecular weight excluding hydrogens is 1090 g/mol. The van der Waals surface area contributed by atoms with Gasteiger partial charge in [-0.05, 0) is 72.3 Å². The van der Waals surface area contributed by atoms with Crippen LogP contribution in [0.15, 0.2) is 72.4 Å². The number of aliphatic hydroxyl groups excluding tert-OH is 1. The molecule has 1 aliphatic heterocycles. The number of benzene rings is 2. The minimum Gasteiger partial charge on any atom is -0.495 e. The molecule has 2 aliphatic rings. The maximum Gasteiger partial charge on any atom is 0.391 e. The Kier molecular flexibility index (Phi) is 25.7. The number of aromatic nitrogens is 2. The molecule has 5 amide bonds. The van der Waals surface area contributed by atoms with Crippen molar-refractivity contribution < 1.29 is 70.7 Å². The van der Waals surface area contributed by atoms with Crippen LogP contribution in [0.4, 0.5) is 13.2 Å². The number of nitrogens with one attached hydrogen (secondary N) is 4. The third-order valence-corrected chi connectivity index (χ3v) is 14.9. The second kappa shape index (κ2) is 32.5. The molecule has 3 heterocycles. The zero-order valence-corrected chi connectivity index (χ0v) is 48.2. The summed E-state index contributed by atoms with van der Waals surface area (Å²) in [5.41, 5.74) is 6.25. The average Bonchev–Trinajstić information content (AvgIpc) is 4.22. The van der Waals surface area contributed by atoms with Crippen LogP contribution in [0.3, 0.4) is 0 Å². The number of hydrogen-bond acceptors (Lipinski definition) is 15. The van der Waals surface area contributed by atoms with Crippen LogP contribution in [0, 0.1) is 24.2 Å². The predicted octanol–water partition coefficient (Wildman–Crippen LogP) is 6.38. The summed E-state index contributed by atoms with van der Waals surface area (Å²) < 4.78 is 72.4. The molecule has 1 saturated heterocycles. The van der Waals surface area contributed by atoms with Gasteiger partial charge in [-0.1, -0.05) is 81.5 Å². The summed E-state index contributed by atoms with van der Waals surface area (Å²) in [4.78, 5) is 77.0. The number of carbonyl (C=O) groups is 5. The van der Waals surface area contributed by atoms with Gasteiger partial charge in [-0.3, -0.25) is 24.0 Å². The predicted molar refractivity (Wildman–Crippen MR) is 301 cm³/mol. The summed E-state index contributed by atoms with van der Waals surface area (Å²) in [7, 11) is 1.48. The number of pyridine rings is 1. The topological polar surface area (TPSA) is 238 Å². The summed E-state index contributed by atoms with van der Waals surface area (Å²) >= 11 is 1.56. The summed E-state index contributed by atoms with van der Waals surface area (Å²) in [5.74, 6) is -2.79. The molecule has 6 rings (SSSR count). The Balaban J connectivity index is 0.753. The number of allylic oxidation sites excluding steroid dienone is 1. The lowest BCUT2D eigenvalue weighted by Gasteiger charge is -2.35. The first-order valence-electron chi connectivity index (χ1n) is 27.6. The number of aliphatic hydroxyl groups is 1. The molecule has 82 heavy (non-hydrogen) atoms. The lowest BCUT2D eigenvalue weighted by atomic mass is 9.81. The van der Waals surface area contributed by atoms with E-state index in [0.29, 0.717) is 76.9 Å². The first-order valence-corrected chi connectivity index (χ1v) is 28.5. The van der Waals surface area contributed by atoms with Gasteiger partial charge in [0.05, 0.1) is 107 Å². The van der Waals surface area contributed by atoms with Gasteiger partial charge in [0.2, 0.25) is 23.6 Å². The zero-order chi connectivity index (χ0) is 59.1. The Morgan fingerprint density at radius 3 is 2.04 bits per heavy atom. The monoisotopic (exact) mass is 1170 g/mol. The lowest BCUT2D eigenvalue weighted by molar-refractivity contribution is -0.183. The van der Waals surface area contributed by atoms with E-state index < -0.39 is 53.4 Å². The van der Waals surface area contributed by atoms with Crippen molar-refractivity contribution in [2.45, 2.75) is 104 Å². The van der Waals surface area contributed by atoms with Crippen LogP contribution < -0.4 is 26.0 Å². The van der Waals surface area contributed by atoms with E-state index in [1.54, 1.807) is 35.1 Å². The van der Waals surface area contributed by atoms with Crippen LogP contribution in [0.5, 0.6) is 5.75 Å². The number of thiazole rings is 1. The molecule has 2 fully saturated rings. The van der Waals surface area contributed by atoms with Crippen molar-refractivity contribution in [3.05, 3.63) is 106 Å². The summed E-state index contributed by atoms with van der Waals surface area (Å²) in [5, 5.41) is 21.9. The molecule has 2 aromatic carbocycles. The fourth-order valence-electron chi connectivity index (χ4n) is 9.42. The summed E-state index contributed by atoms with van der Waals surface area (Å²) in [6, 6.07) is 14.8. The quantitative estimate of drug-likeness (QED) is 0.0344. The Morgan fingerprint density at radius 2 is 1.41 bits per heavy atom. The molecule has 448 valence electrons. The van der Waals surface area contributed by atoms with Crippen LogP contribution in [-0.4, -0.2) is 160 Å². The highest BCUT2D eigenvalue weighted by Crippen LogP contribution is 2.40. The number of carbonyl (C=O) groups excluding carboxylic acids is 5. The number of rotatable bonds is 31. The highest BCUT2D eigenvalue weighted by atomic mass is 32.1. The van der Waals surface area contributed by atoms with Gasteiger partial charge in [-0.25, -0.2) is 9.97 Å². The van der Waals surface area contributed by atoms with Crippen molar-refractivity contribution in [3.8, 4) is 16.2 Å². The van der Waals surface area contributed by atoms with Gasteiger partial charge >= 0.3 is 6.18 Å². The first kappa shape index (κ1) is 64.8. The number of β-amino-alcohol motifs (C(OH)–C–C–N with tert-alkyl or cyclic N) is 1. The lowest BCUT2D eigenvalue weighted by Crippen LogP contribution is -2.58. The third kappa shape index (κ3) is 21.1. The number of amides is 5. The number of ether oxygens (including phenoxy) is 6. The van der Waals surface area contributed by atoms with Crippen LogP contribution >= 0.6 is 11.3 Å². The maximum atomic E-state index is 13.9. The van der Waals surface area contributed by atoms with Crippen molar-refractivity contribution >= 4 is 46.9 Å². The molecule has 23 heteroatoms. The first-order chi connectivity index (χ1) is 39.3. The van der Waals surface area contributed by atoms with E-state index in [1.807, 2.05) is 76.2 Å². The highest BCUT2D eigenvalue weighted by molar-refractivity contribution is 7.13. The van der Waals surface area contributed by atoms with Gasteiger partial charge < -0.3 is 59.7 Å². The standard InChI is InChI=1S/C59H78F3N7O12S/c1-39-53(82-38-67-39)44-14-10-41(11-15-44)33-66-56(74)49-32-47(70)36-69(49)57(75)54(58(2,3)4)68-52(72)37-81-28-27-80-26-25-79-24-23-78-22-21-77-20-19-63-51(71)30-42-7-6-8-43(29-42)34-65-55(73)48-31-45(50(76-5)35-64-48)16-9-40-12-17-46(18-13-40)59(60,61)62/h6-11,14-16,29,31,35,38,40,46-47,49,54,70H,12-13,17-28,30,32-34,36-37H2,1-5H3,(H,63,71)(H,65,73)(H,66,74)(H,68,72)/b16-9+/t40?,46?,47-,49?,54-/m1/s1. The zero-order valence-electron chi connectivity index (χ0n) is 47.4. The molecule has 0 spiro atoms. The minimum absolute atomic E-state index is 0.0000814. The van der Waals surface area contributed by atoms with E-state index in [1.165, 1.54) is 18.2 Å². The van der Waals surface area contributed by atoms with Gasteiger partial charge in [-0.2, -0.15) is 13.2 Å². The molecule has 19 nitrogen and oxygen atoms in total. The third-order valence-electron chi connectivity index (χ3n) is 13.9. The van der Waals surface area contributed by atoms with E-state index in [4.69, 9.17) is 28.4 Å². The van der Waals surface area contributed by atoms with E-state index in [2.05, 4.69) is 31.2 Å². The molecule has 2 aromatic heterocycles. The molecule has 1 saturated carbocycles. The maximum absolute atomic E-state index is 13.9. The van der Waals surface area contributed by atoms with E-state index in [-0.39, 0.29) is 88.6 Å². The molecule has 4 aromatic rings. The van der Waals surface area contributed by atoms with Crippen molar-refractivity contribution in [2.75, 3.05) is 86.3 Å². The Hall–Kier alpha value is -6.34. The van der Waals surface area contributed by atoms with Gasteiger partial charge in [0.25, 0.3) is 5.91 Å². The largest absolute Gasteiger partial charge is 0.495 e. The molecule has 5 N–H and O–H groups in total. The van der Waals surface area contributed by atoms with E-state index in [9.17, 15) is 42.3 Å². The van der Waals surface area contributed by atoms with Crippen LogP contribution in [0.2, 0.25) is 0 Å². The number of likely N-dealkylation sites (tertiary alicyclic amines) is 1. The van der Waals surface area contributed by atoms with Gasteiger partial charge in [-0.15, -0.1) is 11.3 Å². The van der Waals surface area contributed by atoms with Crippen LogP contribution in [-0.2, 0) is 62.4 Å². The number of hydrogen-bond donors (Lipinski definition) is 5. The second-order valence-electron chi connectivity index (χ2n) is 21.3. The van der Waals surface area contributed by atoms with E-state index >= 15 is 0 Å². The molecular formula is C59H78F3N7O12S. The molecule has 1 unspecified atom stereocenters.